The molecule has 156 valence electrons. The summed E-state index contributed by atoms with van der Waals surface area (Å²) < 4.78 is 15.8. The summed E-state index contributed by atoms with van der Waals surface area (Å²) in [4.78, 5) is 26.9. The van der Waals surface area contributed by atoms with E-state index in [0.29, 0.717) is 30.2 Å². The number of carbonyl (C=O) groups is 2. The van der Waals surface area contributed by atoms with Crippen molar-refractivity contribution in [3.8, 4) is 0 Å². The van der Waals surface area contributed by atoms with Gasteiger partial charge in [-0.15, -0.1) is 0 Å². The van der Waals surface area contributed by atoms with Crippen molar-refractivity contribution < 1.29 is 23.6 Å². The van der Waals surface area contributed by atoms with E-state index in [1.807, 2.05) is 42.5 Å². The van der Waals surface area contributed by atoms with Gasteiger partial charge in [-0.25, -0.2) is 0 Å². The third-order valence-electron chi connectivity index (χ3n) is 4.95. The van der Waals surface area contributed by atoms with Crippen LogP contribution in [0, 0.1) is 0 Å². The van der Waals surface area contributed by atoms with Gasteiger partial charge in [0.25, 0.3) is 5.91 Å². The van der Waals surface area contributed by atoms with Gasteiger partial charge < -0.3 is 24.2 Å². The lowest BCUT2D eigenvalue weighted by Crippen LogP contribution is -2.36. The van der Waals surface area contributed by atoms with E-state index in [1.54, 1.807) is 6.07 Å². The van der Waals surface area contributed by atoms with Crippen LogP contribution in [0.15, 0.2) is 53.1 Å². The molecule has 1 aliphatic rings. The number of nitrogens with zero attached hydrogens (tertiary/aromatic N) is 2. The lowest BCUT2D eigenvalue weighted by molar-refractivity contribution is -0.152. The first-order chi connectivity index (χ1) is 14.6. The Kier molecular flexibility index (Phi) is 5.94. The van der Waals surface area contributed by atoms with Crippen molar-refractivity contribution in [3.05, 3.63) is 54.2 Å². The molecule has 0 bridgehead atoms. The standard InChI is InChI=1S/C22H23N3O5/c1-15(29-21(26)14-19-18-4-2-3-5-20(18)30-24-19)22(27)23-16-6-8-17(9-7-16)25-10-12-28-13-11-25/h2-9,15H,10-14H2,1H3,(H,23,27)/t15-/m0/s1. The Labute approximate surface area is 173 Å². The van der Waals surface area contributed by atoms with Crippen LogP contribution < -0.4 is 10.2 Å². The van der Waals surface area contributed by atoms with Crippen molar-refractivity contribution >= 4 is 34.2 Å². The summed E-state index contributed by atoms with van der Waals surface area (Å²) in [5, 5.41) is 7.44. The van der Waals surface area contributed by atoms with Crippen molar-refractivity contribution in [2.45, 2.75) is 19.4 Å². The number of nitrogens with one attached hydrogen (secondary N) is 1. The van der Waals surface area contributed by atoms with E-state index in [9.17, 15) is 9.59 Å². The first-order valence-corrected chi connectivity index (χ1v) is 9.86. The number of rotatable bonds is 6. The van der Waals surface area contributed by atoms with E-state index in [2.05, 4.69) is 15.4 Å². The predicted octanol–water partition coefficient (Wildman–Crippen LogP) is 2.78. The molecule has 2 aromatic carbocycles. The molecule has 8 nitrogen and oxygen atoms in total. The van der Waals surface area contributed by atoms with Crippen molar-refractivity contribution in [2.75, 3.05) is 36.5 Å². The van der Waals surface area contributed by atoms with Crippen LogP contribution in [-0.4, -0.2) is 49.4 Å². The van der Waals surface area contributed by atoms with Crippen molar-refractivity contribution in [1.29, 1.82) is 0 Å². The zero-order valence-corrected chi connectivity index (χ0v) is 16.7. The SMILES string of the molecule is C[C@H](OC(=O)Cc1noc2ccccc12)C(=O)Nc1ccc(N2CCOCC2)cc1. The van der Waals surface area contributed by atoms with Gasteiger partial charge in [0.15, 0.2) is 11.7 Å². The second kappa shape index (κ2) is 8.96. The van der Waals surface area contributed by atoms with E-state index in [1.165, 1.54) is 6.92 Å². The van der Waals surface area contributed by atoms with Crippen molar-refractivity contribution in [1.82, 2.24) is 5.16 Å². The Bertz CT molecular complexity index is 1020. The van der Waals surface area contributed by atoms with Gasteiger partial charge in [0, 0.05) is 29.9 Å². The van der Waals surface area contributed by atoms with Crippen LogP contribution in [0.1, 0.15) is 12.6 Å². The minimum atomic E-state index is -0.936. The summed E-state index contributed by atoms with van der Waals surface area (Å²) in [6, 6.07) is 14.8. The fourth-order valence-electron chi connectivity index (χ4n) is 3.32. The molecule has 0 spiro atoms. The van der Waals surface area contributed by atoms with Gasteiger partial charge in [-0.3, -0.25) is 9.59 Å². The zero-order chi connectivity index (χ0) is 20.9. The second-order valence-corrected chi connectivity index (χ2v) is 7.07. The summed E-state index contributed by atoms with van der Waals surface area (Å²) in [6.45, 7) is 4.66. The third kappa shape index (κ3) is 4.60. The Morgan fingerprint density at radius 2 is 1.87 bits per heavy atom. The lowest BCUT2D eigenvalue weighted by Gasteiger charge is -2.28. The summed E-state index contributed by atoms with van der Waals surface area (Å²) in [5.74, 6) is -0.938. The summed E-state index contributed by atoms with van der Waals surface area (Å²) in [5.41, 5.74) is 2.81. The van der Waals surface area contributed by atoms with Crippen LogP contribution in [-0.2, 0) is 25.5 Å². The van der Waals surface area contributed by atoms with Gasteiger partial charge in [-0.05, 0) is 43.3 Å². The molecule has 1 aromatic heterocycles. The Morgan fingerprint density at radius 1 is 1.13 bits per heavy atom. The molecule has 1 fully saturated rings. The number of anilines is 2. The number of amides is 1. The second-order valence-electron chi connectivity index (χ2n) is 7.07. The highest BCUT2D eigenvalue weighted by molar-refractivity contribution is 5.95. The number of benzene rings is 2. The topological polar surface area (TPSA) is 93.9 Å². The van der Waals surface area contributed by atoms with E-state index in [4.69, 9.17) is 14.0 Å². The highest BCUT2D eigenvalue weighted by atomic mass is 16.5. The molecule has 0 saturated carbocycles. The monoisotopic (exact) mass is 409 g/mol. The van der Waals surface area contributed by atoms with E-state index < -0.39 is 18.0 Å². The predicted molar refractivity (Wildman–Crippen MR) is 111 cm³/mol. The normalized spacial score (nSPS) is 15.0. The number of morpholine rings is 1. The fourth-order valence-corrected chi connectivity index (χ4v) is 3.32. The third-order valence-corrected chi connectivity index (χ3v) is 4.95. The van der Waals surface area contributed by atoms with Crippen LogP contribution in [0.3, 0.4) is 0 Å². The minimum Gasteiger partial charge on any atom is -0.452 e. The van der Waals surface area contributed by atoms with Gasteiger partial charge in [0.1, 0.15) is 5.69 Å². The smallest absolute Gasteiger partial charge is 0.312 e. The van der Waals surface area contributed by atoms with Crippen LogP contribution in [0.5, 0.6) is 0 Å². The average Bonchev–Trinajstić information content (AvgIpc) is 3.17. The lowest BCUT2D eigenvalue weighted by atomic mass is 10.2. The first kappa shape index (κ1) is 19.9. The molecule has 30 heavy (non-hydrogen) atoms. The molecule has 3 aromatic rings. The van der Waals surface area contributed by atoms with Gasteiger partial charge >= 0.3 is 5.97 Å². The Hall–Kier alpha value is -3.39. The van der Waals surface area contributed by atoms with Crippen LogP contribution >= 0.6 is 0 Å². The molecule has 0 radical (unpaired) electrons. The molecule has 1 saturated heterocycles. The number of esters is 1. The molecule has 4 rings (SSSR count). The maximum Gasteiger partial charge on any atom is 0.312 e. The molecule has 1 amide bonds. The summed E-state index contributed by atoms with van der Waals surface area (Å²) in [7, 11) is 0. The number of aromatic nitrogens is 1. The first-order valence-electron chi connectivity index (χ1n) is 9.86. The maximum absolute atomic E-state index is 12.4. The Morgan fingerprint density at radius 3 is 2.63 bits per heavy atom. The highest BCUT2D eigenvalue weighted by Crippen LogP contribution is 2.20. The number of fused-ring (bicyclic) bond motifs is 1. The molecule has 1 aliphatic heterocycles. The molecule has 0 aliphatic carbocycles. The van der Waals surface area contributed by atoms with Gasteiger partial charge in [0.05, 0.1) is 19.6 Å². The minimum absolute atomic E-state index is 0.0666. The Balaban J connectivity index is 1.30. The molecule has 1 N–H and O–H groups in total. The summed E-state index contributed by atoms with van der Waals surface area (Å²) >= 11 is 0. The number of hydrogen-bond donors (Lipinski definition) is 1. The van der Waals surface area contributed by atoms with E-state index in [0.717, 1.165) is 24.2 Å². The van der Waals surface area contributed by atoms with Gasteiger partial charge in [-0.1, -0.05) is 17.3 Å². The van der Waals surface area contributed by atoms with Gasteiger partial charge in [-0.2, -0.15) is 0 Å². The van der Waals surface area contributed by atoms with Crippen LogP contribution in [0.25, 0.3) is 11.0 Å². The number of para-hydroxylation sites is 1. The molecule has 0 unspecified atom stereocenters. The summed E-state index contributed by atoms with van der Waals surface area (Å²) in [6.07, 6.45) is -1.00. The average molecular weight is 409 g/mol. The maximum atomic E-state index is 12.4. The molecular weight excluding hydrogens is 386 g/mol. The highest BCUT2D eigenvalue weighted by Gasteiger charge is 2.20. The largest absolute Gasteiger partial charge is 0.452 e. The number of carbonyl (C=O) groups excluding carboxylic acids is 2. The number of ether oxygens (including phenoxy) is 2. The molecular formula is C22H23N3O5. The number of hydrogen-bond acceptors (Lipinski definition) is 7. The van der Waals surface area contributed by atoms with Crippen molar-refractivity contribution in [2.24, 2.45) is 0 Å². The van der Waals surface area contributed by atoms with Crippen LogP contribution in [0.4, 0.5) is 11.4 Å². The molecule has 1 atom stereocenters. The quantitative estimate of drug-likeness (QED) is 0.626. The fraction of sp³-hybridized carbons (Fsp3) is 0.318. The van der Waals surface area contributed by atoms with Crippen molar-refractivity contribution in [3.63, 3.8) is 0 Å². The van der Waals surface area contributed by atoms with E-state index in [-0.39, 0.29) is 6.42 Å². The van der Waals surface area contributed by atoms with Crippen LogP contribution in [0.2, 0.25) is 0 Å². The molecule has 8 heteroatoms. The molecule has 2 heterocycles. The zero-order valence-electron chi connectivity index (χ0n) is 16.7. The van der Waals surface area contributed by atoms with E-state index >= 15 is 0 Å². The van der Waals surface area contributed by atoms with Gasteiger partial charge in [0.2, 0.25) is 0 Å².